The molecular formula is C11H18N2O. The molecule has 0 aromatic carbocycles. The molecule has 0 aliphatic heterocycles. The van der Waals surface area contributed by atoms with Gasteiger partial charge < -0.3 is 10.0 Å². The van der Waals surface area contributed by atoms with Crippen molar-refractivity contribution < 1.29 is 5.11 Å². The first-order valence-corrected chi connectivity index (χ1v) is 4.97. The monoisotopic (exact) mass is 194 g/mol. The smallest absolute Gasteiger partial charge is 0.0853 e. The summed E-state index contributed by atoms with van der Waals surface area (Å²) >= 11 is 0. The summed E-state index contributed by atoms with van der Waals surface area (Å²) < 4.78 is 0. The second-order valence-corrected chi connectivity index (χ2v) is 3.53. The molecule has 1 unspecified atom stereocenters. The summed E-state index contributed by atoms with van der Waals surface area (Å²) in [7, 11) is 2.06. The Kier molecular flexibility index (Phi) is 3.89. The zero-order valence-corrected chi connectivity index (χ0v) is 9.07. The van der Waals surface area contributed by atoms with Crippen LogP contribution in [0, 0.1) is 0 Å². The fourth-order valence-corrected chi connectivity index (χ4v) is 1.30. The minimum atomic E-state index is 0.00217. The maximum absolute atomic E-state index is 8.96. The highest BCUT2D eigenvalue weighted by Gasteiger charge is 2.07. The lowest BCUT2D eigenvalue weighted by molar-refractivity contribution is 0.277. The maximum Gasteiger partial charge on any atom is 0.0853 e. The molecule has 0 saturated heterocycles. The molecule has 0 aliphatic rings. The third-order valence-electron chi connectivity index (χ3n) is 2.62. The van der Waals surface area contributed by atoms with Gasteiger partial charge in [0.2, 0.25) is 0 Å². The number of pyridine rings is 1. The van der Waals surface area contributed by atoms with Gasteiger partial charge in [-0.25, -0.2) is 0 Å². The highest BCUT2D eigenvalue weighted by atomic mass is 16.3. The fourth-order valence-electron chi connectivity index (χ4n) is 1.30. The van der Waals surface area contributed by atoms with Gasteiger partial charge in [-0.2, -0.15) is 0 Å². The lowest BCUT2D eigenvalue weighted by Gasteiger charge is -2.26. The van der Waals surface area contributed by atoms with Crippen LogP contribution in [0.1, 0.15) is 26.0 Å². The Morgan fingerprint density at radius 3 is 2.86 bits per heavy atom. The summed E-state index contributed by atoms with van der Waals surface area (Å²) in [4.78, 5) is 6.24. The Balaban J connectivity index is 2.83. The minimum absolute atomic E-state index is 0.00217. The molecule has 0 fully saturated rings. The van der Waals surface area contributed by atoms with Crippen LogP contribution in [0.2, 0.25) is 0 Å². The van der Waals surface area contributed by atoms with Crippen LogP contribution in [0.25, 0.3) is 0 Å². The van der Waals surface area contributed by atoms with Crippen molar-refractivity contribution in [1.82, 2.24) is 4.98 Å². The Morgan fingerprint density at radius 2 is 2.29 bits per heavy atom. The molecule has 0 bridgehead atoms. The molecule has 1 aromatic rings. The molecule has 0 radical (unpaired) electrons. The van der Waals surface area contributed by atoms with Crippen molar-refractivity contribution in [1.29, 1.82) is 0 Å². The van der Waals surface area contributed by atoms with E-state index in [-0.39, 0.29) is 6.61 Å². The Hall–Kier alpha value is -1.09. The second-order valence-electron chi connectivity index (χ2n) is 3.53. The van der Waals surface area contributed by atoms with Gasteiger partial charge in [0, 0.05) is 25.0 Å². The van der Waals surface area contributed by atoms with Crippen molar-refractivity contribution in [3.8, 4) is 0 Å². The van der Waals surface area contributed by atoms with Crippen LogP contribution in [0.5, 0.6) is 0 Å². The standard InChI is InChI=1S/C11H18N2O/c1-4-9(2)13(3)11-5-6-12-10(7-11)8-14/h5-7,9,14H,4,8H2,1-3H3. The van der Waals surface area contributed by atoms with Crippen molar-refractivity contribution in [2.75, 3.05) is 11.9 Å². The molecule has 0 aliphatic carbocycles. The fraction of sp³-hybridized carbons (Fsp3) is 0.545. The number of anilines is 1. The average Bonchev–Trinajstić information content (AvgIpc) is 2.27. The second kappa shape index (κ2) is 4.96. The van der Waals surface area contributed by atoms with Crippen molar-refractivity contribution in [2.45, 2.75) is 32.9 Å². The molecule has 1 rings (SSSR count). The van der Waals surface area contributed by atoms with E-state index in [2.05, 4.69) is 30.8 Å². The first-order chi connectivity index (χ1) is 6.69. The van der Waals surface area contributed by atoms with Crippen LogP contribution in [0.3, 0.4) is 0 Å². The van der Waals surface area contributed by atoms with Crippen LogP contribution < -0.4 is 4.90 Å². The van der Waals surface area contributed by atoms with Crippen LogP contribution in [-0.4, -0.2) is 23.2 Å². The summed E-state index contributed by atoms with van der Waals surface area (Å²) in [6.07, 6.45) is 2.84. The lowest BCUT2D eigenvalue weighted by Crippen LogP contribution is -2.28. The van der Waals surface area contributed by atoms with Crippen molar-refractivity contribution in [3.05, 3.63) is 24.0 Å². The van der Waals surface area contributed by atoms with E-state index in [9.17, 15) is 0 Å². The van der Waals surface area contributed by atoms with Gasteiger partial charge in [0.05, 0.1) is 12.3 Å². The Bertz CT molecular complexity index is 288. The third kappa shape index (κ3) is 2.45. The normalized spacial score (nSPS) is 12.6. The van der Waals surface area contributed by atoms with E-state index in [1.54, 1.807) is 6.20 Å². The van der Waals surface area contributed by atoms with Gasteiger partial charge in [-0.3, -0.25) is 4.98 Å². The van der Waals surface area contributed by atoms with Crippen LogP contribution in [-0.2, 0) is 6.61 Å². The molecule has 1 atom stereocenters. The van der Waals surface area contributed by atoms with Crippen LogP contribution in [0.15, 0.2) is 18.3 Å². The Labute approximate surface area is 85.4 Å². The molecule has 1 heterocycles. The van der Waals surface area contributed by atoms with E-state index in [1.165, 1.54) is 0 Å². The third-order valence-corrected chi connectivity index (χ3v) is 2.62. The largest absolute Gasteiger partial charge is 0.390 e. The number of aromatic nitrogens is 1. The van der Waals surface area contributed by atoms with Crippen LogP contribution in [0.4, 0.5) is 5.69 Å². The highest BCUT2D eigenvalue weighted by Crippen LogP contribution is 2.16. The quantitative estimate of drug-likeness (QED) is 0.794. The summed E-state index contributed by atoms with van der Waals surface area (Å²) in [5.41, 5.74) is 1.83. The predicted octanol–water partition coefficient (Wildman–Crippen LogP) is 1.81. The molecular weight excluding hydrogens is 176 g/mol. The molecule has 1 aromatic heterocycles. The van der Waals surface area contributed by atoms with Gasteiger partial charge in [0.1, 0.15) is 0 Å². The van der Waals surface area contributed by atoms with Gasteiger partial charge in [-0.1, -0.05) is 6.92 Å². The van der Waals surface area contributed by atoms with E-state index in [4.69, 9.17) is 5.11 Å². The summed E-state index contributed by atoms with van der Waals surface area (Å²) in [5.74, 6) is 0. The number of nitrogens with zero attached hydrogens (tertiary/aromatic N) is 2. The van der Waals surface area contributed by atoms with Crippen molar-refractivity contribution in [2.24, 2.45) is 0 Å². The van der Waals surface area contributed by atoms with E-state index in [0.29, 0.717) is 6.04 Å². The lowest BCUT2D eigenvalue weighted by atomic mass is 10.2. The number of rotatable bonds is 4. The molecule has 78 valence electrons. The minimum Gasteiger partial charge on any atom is -0.390 e. The van der Waals surface area contributed by atoms with Crippen molar-refractivity contribution in [3.63, 3.8) is 0 Å². The topological polar surface area (TPSA) is 36.4 Å². The predicted molar refractivity (Wildman–Crippen MR) is 58.3 cm³/mol. The van der Waals surface area contributed by atoms with E-state index in [0.717, 1.165) is 17.8 Å². The summed E-state index contributed by atoms with van der Waals surface area (Å²) in [6.45, 7) is 4.34. The van der Waals surface area contributed by atoms with E-state index < -0.39 is 0 Å². The molecule has 0 saturated carbocycles. The molecule has 3 nitrogen and oxygen atoms in total. The molecule has 3 heteroatoms. The molecule has 1 N–H and O–H groups in total. The highest BCUT2D eigenvalue weighted by molar-refractivity contribution is 5.46. The Morgan fingerprint density at radius 1 is 1.57 bits per heavy atom. The van der Waals surface area contributed by atoms with Gasteiger partial charge >= 0.3 is 0 Å². The van der Waals surface area contributed by atoms with E-state index in [1.807, 2.05) is 12.1 Å². The zero-order valence-electron chi connectivity index (χ0n) is 9.07. The summed E-state index contributed by atoms with van der Waals surface area (Å²) in [6, 6.07) is 4.39. The van der Waals surface area contributed by atoms with Crippen molar-refractivity contribution >= 4 is 5.69 Å². The number of hydrogen-bond acceptors (Lipinski definition) is 3. The zero-order chi connectivity index (χ0) is 10.6. The first kappa shape index (κ1) is 11.0. The molecule has 0 amide bonds. The van der Waals surface area contributed by atoms with Gasteiger partial charge in [-0.05, 0) is 25.5 Å². The maximum atomic E-state index is 8.96. The first-order valence-electron chi connectivity index (χ1n) is 4.97. The molecule has 14 heavy (non-hydrogen) atoms. The average molecular weight is 194 g/mol. The van der Waals surface area contributed by atoms with Crippen LogP contribution >= 0.6 is 0 Å². The van der Waals surface area contributed by atoms with Gasteiger partial charge in [0.25, 0.3) is 0 Å². The van der Waals surface area contributed by atoms with Gasteiger partial charge in [-0.15, -0.1) is 0 Å². The van der Waals surface area contributed by atoms with Gasteiger partial charge in [0.15, 0.2) is 0 Å². The number of hydrogen-bond donors (Lipinski definition) is 1. The number of aliphatic hydroxyl groups is 1. The van der Waals surface area contributed by atoms with E-state index >= 15 is 0 Å². The number of aliphatic hydroxyl groups excluding tert-OH is 1. The summed E-state index contributed by atoms with van der Waals surface area (Å²) in [5, 5.41) is 8.96. The SMILES string of the molecule is CCC(C)N(C)c1ccnc(CO)c1. The molecule has 0 spiro atoms.